The van der Waals surface area contributed by atoms with Gasteiger partial charge < -0.3 is 10.2 Å². The Morgan fingerprint density at radius 1 is 1.30 bits per heavy atom. The Kier molecular flexibility index (Phi) is 4.62. The molecule has 2 amide bonds. The third-order valence-corrected chi connectivity index (χ3v) is 4.68. The summed E-state index contributed by atoms with van der Waals surface area (Å²) < 4.78 is 0. The lowest BCUT2D eigenvalue weighted by atomic mass is 10.1. The second-order valence-corrected chi connectivity index (χ2v) is 6.51. The van der Waals surface area contributed by atoms with E-state index < -0.39 is 0 Å². The van der Waals surface area contributed by atoms with Crippen molar-refractivity contribution in [1.82, 2.24) is 9.88 Å². The van der Waals surface area contributed by atoms with Crippen molar-refractivity contribution in [3.63, 3.8) is 0 Å². The maximum absolute atomic E-state index is 12.6. The fraction of sp³-hybridized carbons (Fsp3) is 0.235. The monoisotopic (exact) mass is 327 g/mol. The second-order valence-electron chi connectivity index (χ2n) is 5.37. The third-order valence-electron chi connectivity index (χ3n) is 3.60. The van der Waals surface area contributed by atoms with Crippen molar-refractivity contribution in [2.24, 2.45) is 0 Å². The fourth-order valence-electron chi connectivity index (χ4n) is 2.41. The van der Waals surface area contributed by atoms with Gasteiger partial charge in [0.05, 0.1) is 5.69 Å². The molecule has 0 aliphatic carbocycles. The van der Waals surface area contributed by atoms with E-state index in [0.717, 1.165) is 21.9 Å². The molecule has 6 heteroatoms. The van der Waals surface area contributed by atoms with Crippen LogP contribution in [0.4, 0.5) is 5.69 Å². The predicted molar refractivity (Wildman–Crippen MR) is 90.4 cm³/mol. The molecule has 5 nitrogen and oxygen atoms in total. The summed E-state index contributed by atoms with van der Waals surface area (Å²) in [6.45, 7) is 0.513. The summed E-state index contributed by atoms with van der Waals surface area (Å²) in [4.78, 5) is 30.9. The molecule has 0 spiro atoms. The van der Waals surface area contributed by atoms with Crippen LogP contribution in [0.5, 0.6) is 0 Å². The topological polar surface area (TPSA) is 62.3 Å². The van der Waals surface area contributed by atoms with Gasteiger partial charge in [-0.1, -0.05) is 0 Å². The van der Waals surface area contributed by atoms with Gasteiger partial charge in [0.1, 0.15) is 0 Å². The normalized spacial score (nSPS) is 13.7. The van der Waals surface area contributed by atoms with Crippen LogP contribution in [0, 0.1) is 0 Å². The number of fused-ring (bicyclic) bond motifs is 1. The molecule has 23 heavy (non-hydrogen) atoms. The lowest BCUT2D eigenvalue weighted by Gasteiger charge is -2.18. The number of hydrogen-bond donors (Lipinski definition) is 1. The highest BCUT2D eigenvalue weighted by Crippen LogP contribution is 2.31. The number of thioether (sulfide) groups is 1. The number of amides is 2. The standard InChI is InChI=1S/C17H17N3O2S/c1-20(11-12-4-7-18-8-5-12)17(22)13-2-3-15-14(10-13)19-16(21)6-9-23-15/h2-5,7-8,10H,6,9,11H2,1H3,(H,19,21). The zero-order chi connectivity index (χ0) is 16.2. The van der Waals surface area contributed by atoms with Crippen LogP contribution < -0.4 is 5.32 Å². The Labute approximate surface area is 139 Å². The van der Waals surface area contributed by atoms with Crippen LogP contribution >= 0.6 is 11.8 Å². The minimum Gasteiger partial charge on any atom is -0.337 e. The Balaban J connectivity index is 1.78. The van der Waals surface area contributed by atoms with Crippen LogP contribution in [0.15, 0.2) is 47.6 Å². The predicted octanol–water partition coefficient (Wildman–Crippen LogP) is 2.79. The van der Waals surface area contributed by atoms with E-state index in [1.165, 1.54) is 0 Å². The van der Waals surface area contributed by atoms with E-state index in [0.29, 0.717) is 18.5 Å². The number of carbonyl (C=O) groups excluding carboxylic acids is 2. The van der Waals surface area contributed by atoms with E-state index in [1.54, 1.807) is 42.2 Å². The SMILES string of the molecule is CN(Cc1ccncc1)C(=O)c1ccc2c(c1)NC(=O)CCS2. The number of nitrogens with zero attached hydrogens (tertiary/aromatic N) is 2. The van der Waals surface area contributed by atoms with Crippen molar-refractivity contribution in [2.75, 3.05) is 18.1 Å². The number of benzene rings is 1. The van der Waals surface area contributed by atoms with Gasteiger partial charge in [-0.15, -0.1) is 11.8 Å². The number of rotatable bonds is 3. The molecule has 0 bridgehead atoms. The van der Waals surface area contributed by atoms with Gasteiger partial charge in [-0.25, -0.2) is 0 Å². The van der Waals surface area contributed by atoms with Gasteiger partial charge in [0, 0.05) is 48.6 Å². The molecule has 0 saturated heterocycles. The zero-order valence-corrected chi connectivity index (χ0v) is 13.6. The highest BCUT2D eigenvalue weighted by atomic mass is 32.2. The minimum absolute atomic E-state index is 0.00834. The van der Waals surface area contributed by atoms with E-state index in [2.05, 4.69) is 10.3 Å². The number of nitrogens with one attached hydrogen (secondary N) is 1. The lowest BCUT2D eigenvalue weighted by Crippen LogP contribution is -2.26. The van der Waals surface area contributed by atoms with Crippen molar-refractivity contribution < 1.29 is 9.59 Å². The van der Waals surface area contributed by atoms with Gasteiger partial charge in [-0.2, -0.15) is 0 Å². The van der Waals surface area contributed by atoms with E-state index >= 15 is 0 Å². The first-order valence-electron chi connectivity index (χ1n) is 7.34. The Hall–Kier alpha value is -2.34. The van der Waals surface area contributed by atoms with Crippen LogP contribution in [0.2, 0.25) is 0 Å². The molecule has 1 aromatic carbocycles. The van der Waals surface area contributed by atoms with Crippen molar-refractivity contribution in [2.45, 2.75) is 17.9 Å². The fourth-order valence-corrected chi connectivity index (χ4v) is 3.34. The molecule has 2 aromatic rings. The molecule has 0 unspecified atom stereocenters. The average Bonchev–Trinajstić information content (AvgIpc) is 2.74. The van der Waals surface area contributed by atoms with E-state index in [-0.39, 0.29) is 11.8 Å². The average molecular weight is 327 g/mol. The molecule has 0 fully saturated rings. The number of aromatic nitrogens is 1. The second kappa shape index (κ2) is 6.83. The van der Waals surface area contributed by atoms with Gasteiger partial charge in [0.15, 0.2) is 0 Å². The molecule has 1 aliphatic heterocycles. The van der Waals surface area contributed by atoms with Crippen LogP contribution in [0.3, 0.4) is 0 Å². The Morgan fingerprint density at radius 2 is 2.09 bits per heavy atom. The number of pyridine rings is 1. The maximum Gasteiger partial charge on any atom is 0.253 e. The zero-order valence-electron chi connectivity index (χ0n) is 12.8. The van der Waals surface area contributed by atoms with E-state index in [1.807, 2.05) is 24.3 Å². The van der Waals surface area contributed by atoms with Crippen LogP contribution in [0.1, 0.15) is 22.3 Å². The molecule has 2 heterocycles. The summed E-state index contributed by atoms with van der Waals surface area (Å²) in [5.74, 6) is 0.674. The largest absolute Gasteiger partial charge is 0.337 e. The molecule has 1 N–H and O–H groups in total. The van der Waals surface area contributed by atoms with Crippen LogP contribution in [0.25, 0.3) is 0 Å². The molecule has 118 valence electrons. The van der Waals surface area contributed by atoms with E-state index in [9.17, 15) is 9.59 Å². The smallest absolute Gasteiger partial charge is 0.253 e. The summed E-state index contributed by atoms with van der Waals surface area (Å²) in [6, 6.07) is 9.25. The third kappa shape index (κ3) is 3.71. The summed E-state index contributed by atoms with van der Waals surface area (Å²) in [5, 5.41) is 2.87. The first kappa shape index (κ1) is 15.6. The molecule has 0 atom stereocenters. The molecule has 1 aliphatic rings. The van der Waals surface area contributed by atoms with Crippen molar-refractivity contribution >= 4 is 29.3 Å². The minimum atomic E-state index is -0.0758. The molecule has 1 aromatic heterocycles. The van der Waals surface area contributed by atoms with Gasteiger partial charge >= 0.3 is 0 Å². The molecule has 3 rings (SSSR count). The number of hydrogen-bond acceptors (Lipinski definition) is 4. The van der Waals surface area contributed by atoms with Gasteiger partial charge in [0.25, 0.3) is 5.91 Å². The summed E-state index contributed by atoms with van der Waals surface area (Å²) in [6.07, 6.45) is 3.91. The molecule has 0 radical (unpaired) electrons. The molecular formula is C17H17N3O2S. The van der Waals surface area contributed by atoms with Gasteiger partial charge in [0.2, 0.25) is 5.91 Å². The highest BCUT2D eigenvalue weighted by Gasteiger charge is 2.17. The first-order chi connectivity index (χ1) is 11.1. The Morgan fingerprint density at radius 3 is 2.87 bits per heavy atom. The van der Waals surface area contributed by atoms with Crippen LogP contribution in [-0.2, 0) is 11.3 Å². The number of carbonyl (C=O) groups is 2. The summed E-state index contributed by atoms with van der Waals surface area (Å²) >= 11 is 1.63. The molecule has 0 saturated carbocycles. The maximum atomic E-state index is 12.6. The van der Waals surface area contributed by atoms with Gasteiger partial charge in [-0.05, 0) is 35.9 Å². The van der Waals surface area contributed by atoms with E-state index in [4.69, 9.17) is 0 Å². The van der Waals surface area contributed by atoms with Crippen molar-refractivity contribution in [1.29, 1.82) is 0 Å². The quantitative estimate of drug-likeness (QED) is 0.941. The lowest BCUT2D eigenvalue weighted by molar-refractivity contribution is -0.115. The Bertz CT molecular complexity index is 734. The highest BCUT2D eigenvalue weighted by molar-refractivity contribution is 7.99. The number of anilines is 1. The van der Waals surface area contributed by atoms with Crippen molar-refractivity contribution in [3.8, 4) is 0 Å². The summed E-state index contributed by atoms with van der Waals surface area (Å²) in [5.41, 5.74) is 2.32. The first-order valence-corrected chi connectivity index (χ1v) is 8.33. The summed E-state index contributed by atoms with van der Waals surface area (Å²) in [7, 11) is 1.77. The molecular weight excluding hydrogens is 310 g/mol. The van der Waals surface area contributed by atoms with Crippen LogP contribution in [-0.4, -0.2) is 34.5 Å². The van der Waals surface area contributed by atoms with Gasteiger partial charge in [-0.3, -0.25) is 14.6 Å². The van der Waals surface area contributed by atoms with Crippen molar-refractivity contribution in [3.05, 3.63) is 53.9 Å².